The highest BCUT2D eigenvalue weighted by Gasteiger charge is 2.29. The van der Waals surface area contributed by atoms with Crippen molar-refractivity contribution in [2.24, 2.45) is 5.92 Å². The average Bonchev–Trinajstić information content (AvgIpc) is 2.50. The summed E-state index contributed by atoms with van der Waals surface area (Å²) in [5.74, 6) is 3.08. The second-order valence-corrected chi connectivity index (χ2v) is 5.35. The first-order valence-corrected chi connectivity index (χ1v) is 5.85. The van der Waals surface area contributed by atoms with Gasteiger partial charge in [0.15, 0.2) is 0 Å². The highest BCUT2D eigenvalue weighted by Crippen LogP contribution is 2.28. The van der Waals surface area contributed by atoms with E-state index >= 15 is 0 Å². The molecule has 2 atom stereocenters. The lowest BCUT2D eigenvalue weighted by molar-refractivity contribution is 0.0493. The van der Waals surface area contributed by atoms with Gasteiger partial charge in [-0.3, -0.25) is 0 Å². The predicted octanol–water partition coefficient (Wildman–Crippen LogP) is 2.70. The van der Waals surface area contributed by atoms with Crippen LogP contribution >= 0.6 is 0 Å². The van der Waals surface area contributed by atoms with Gasteiger partial charge in [0.05, 0.1) is 0 Å². The molecule has 0 spiro atoms. The Morgan fingerprint density at radius 1 is 1.50 bits per heavy atom. The lowest BCUT2D eigenvalue weighted by Gasteiger charge is -2.24. The second kappa shape index (κ2) is 5.25. The molecule has 1 aliphatic rings. The minimum atomic E-state index is -0.440. The van der Waals surface area contributed by atoms with E-state index in [0.29, 0.717) is 5.92 Å². The predicted molar refractivity (Wildman–Crippen MR) is 63.9 cm³/mol. The van der Waals surface area contributed by atoms with Gasteiger partial charge in [-0.2, -0.15) is 0 Å². The highest BCUT2D eigenvalue weighted by molar-refractivity contribution is 5.68. The van der Waals surface area contributed by atoms with Gasteiger partial charge in [-0.05, 0) is 39.5 Å². The molecular formula is C13H21NO2. The number of nitrogens with one attached hydrogen (secondary N) is 1. The minimum Gasteiger partial charge on any atom is -0.444 e. The van der Waals surface area contributed by atoms with Crippen molar-refractivity contribution in [3.63, 3.8) is 0 Å². The Morgan fingerprint density at radius 3 is 2.75 bits per heavy atom. The standard InChI is InChI=1S/C13H21NO2/c1-5-7-10-8-6-9-11(10)14-12(15)16-13(2,3)4/h1,10-11H,6-9H2,2-4H3,(H,14,15)/t10-,11-/m0/s1. The van der Waals surface area contributed by atoms with Gasteiger partial charge in [0, 0.05) is 12.5 Å². The van der Waals surface area contributed by atoms with Crippen molar-refractivity contribution in [2.75, 3.05) is 0 Å². The molecule has 0 unspecified atom stereocenters. The summed E-state index contributed by atoms with van der Waals surface area (Å²) in [4.78, 5) is 11.6. The van der Waals surface area contributed by atoms with Crippen LogP contribution in [0.3, 0.4) is 0 Å². The zero-order chi connectivity index (χ0) is 12.2. The van der Waals surface area contributed by atoms with Gasteiger partial charge in [0.25, 0.3) is 0 Å². The molecule has 0 saturated heterocycles. The Labute approximate surface area is 97.9 Å². The summed E-state index contributed by atoms with van der Waals surface area (Å²) in [6, 6.07) is 0.186. The molecule has 0 heterocycles. The van der Waals surface area contributed by atoms with Crippen LogP contribution in [0.4, 0.5) is 4.79 Å². The van der Waals surface area contributed by atoms with Gasteiger partial charge in [-0.15, -0.1) is 12.3 Å². The van der Waals surface area contributed by atoms with Crippen LogP contribution in [0.15, 0.2) is 0 Å². The maximum absolute atomic E-state index is 11.6. The summed E-state index contributed by atoms with van der Waals surface area (Å²) in [6.07, 6.45) is 8.95. The Kier molecular flexibility index (Phi) is 4.23. The molecule has 1 saturated carbocycles. The Bertz CT molecular complexity index is 285. The fourth-order valence-electron chi connectivity index (χ4n) is 2.08. The van der Waals surface area contributed by atoms with Crippen LogP contribution in [0.2, 0.25) is 0 Å². The van der Waals surface area contributed by atoms with Gasteiger partial charge in [0.2, 0.25) is 0 Å². The number of carbonyl (C=O) groups is 1. The molecule has 3 nitrogen and oxygen atoms in total. The van der Waals surface area contributed by atoms with Gasteiger partial charge in [-0.25, -0.2) is 4.79 Å². The summed E-state index contributed by atoms with van der Waals surface area (Å²) < 4.78 is 5.22. The highest BCUT2D eigenvalue weighted by atomic mass is 16.6. The van der Waals surface area contributed by atoms with Crippen molar-refractivity contribution in [3.8, 4) is 12.3 Å². The minimum absolute atomic E-state index is 0.186. The molecule has 0 radical (unpaired) electrons. The van der Waals surface area contributed by atoms with Crippen LogP contribution in [0, 0.1) is 18.3 Å². The number of rotatable bonds is 2. The number of amides is 1. The lowest BCUT2D eigenvalue weighted by Crippen LogP contribution is -2.40. The number of carbonyl (C=O) groups excluding carboxylic acids is 1. The second-order valence-electron chi connectivity index (χ2n) is 5.35. The fraction of sp³-hybridized carbons (Fsp3) is 0.769. The molecule has 90 valence electrons. The molecule has 0 aromatic rings. The molecular weight excluding hydrogens is 202 g/mol. The molecule has 0 aromatic carbocycles. The molecule has 16 heavy (non-hydrogen) atoms. The molecule has 1 rings (SSSR count). The molecule has 1 amide bonds. The third-order valence-electron chi connectivity index (χ3n) is 2.74. The summed E-state index contributed by atoms with van der Waals surface area (Å²) >= 11 is 0. The number of hydrogen-bond donors (Lipinski definition) is 1. The molecule has 3 heteroatoms. The average molecular weight is 223 g/mol. The van der Waals surface area contributed by atoms with E-state index in [1.165, 1.54) is 0 Å². The first-order valence-electron chi connectivity index (χ1n) is 5.85. The molecule has 0 bridgehead atoms. The third kappa shape index (κ3) is 4.14. The van der Waals surface area contributed by atoms with E-state index < -0.39 is 5.60 Å². The van der Waals surface area contributed by atoms with E-state index in [4.69, 9.17) is 11.2 Å². The zero-order valence-corrected chi connectivity index (χ0v) is 10.4. The topological polar surface area (TPSA) is 38.3 Å². The van der Waals surface area contributed by atoms with E-state index in [2.05, 4.69) is 11.2 Å². The van der Waals surface area contributed by atoms with Crippen molar-refractivity contribution in [3.05, 3.63) is 0 Å². The van der Waals surface area contributed by atoms with Crippen molar-refractivity contribution >= 4 is 6.09 Å². The number of hydrogen-bond acceptors (Lipinski definition) is 2. The monoisotopic (exact) mass is 223 g/mol. The summed E-state index contributed by atoms with van der Waals surface area (Å²) in [7, 11) is 0. The fourth-order valence-corrected chi connectivity index (χ4v) is 2.08. The van der Waals surface area contributed by atoms with E-state index in [0.717, 1.165) is 25.7 Å². The van der Waals surface area contributed by atoms with Gasteiger partial charge < -0.3 is 10.1 Å². The Morgan fingerprint density at radius 2 is 2.19 bits per heavy atom. The quantitative estimate of drug-likeness (QED) is 0.731. The first-order chi connectivity index (χ1) is 7.42. The van der Waals surface area contributed by atoms with Crippen LogP contribution < -0.4 is 5.32 Å². The largest absolute Gasteiger partial charge is 0.444 e. The maximum Gasteiger partial charge on any atom is 0.407 e. The zero-order valence-electron chi connectivity index (χ0n) is 10.4. The van der Waals surface area contributed by atoms with Crippen LogP contribution in [0.25, 0.3) is 0 Å². The van der Waals surface area contributed by atoms with Crippen LogP contribution in [0.5, 0.6) is 0 Å². The van der Waals surface area contributed by atoms with E-state index in [9.17, 15) is 4.79 Å². The van der Waals surface area contributed by atoms with Crippen molar-refractivity contribution in [2.45, 2.75) is 58.1 Å². The normalized spacial score (nSPS) is 24.9. The first kappa shape index (κ1) is 12.9. The maximum atomic E-state index is 11.6. The third-order valence-corrected chi connectivity index (χ3v) is 2.74. The molecule has 1 fully saturated rings. The van der Waals surface area contributed by atoms with E-state index in [-0.39, 0.29) is 12.1 Å². The van der Waals surface area contributed by atoms with Crippen LogP contribution in [0.1, 0.15) is 46.5 Å². The molecule has 1 aliphatic carbocycles. The number of alkyl carbamates (subject to hydrolysis) is 1. The number of terminal acetylenes is 1. The SMILES string of the molecule is C#CC[C@H]1CCC[C@@H]1NC(=O)OC(C)(C)C. The Hall–Kier alpha value is -1.17. The number of ether oxygens (including phenoxy) is 1. The smallest absolute Gasteiger partial charge is 0.407 e. The van der Waals surface area contributed by atoms with Gasteiger partial charge in [0.1, 0.15) is 5.60 Å². The van der Waals surface area contributed by atoms with Gasteiger partial charge >= 0.3 is 6.09 Å². The lowest BCUT2D eigenvalue weighted by atomic mass is 10.0. The van der Waals surface area contributed by atoms with Crippen molar-refractivity contribution < 1.29 is 9.53 Å². The van der Waals surface area contributed by atoms with Crippen LogP contribution in [-0.4, -0.2) is 17.7 Å². The summed E-state index contributed by atoms with van der Waals surface area (Å²) in [6.45, 7) is 5.58. The van der Waals surface area contributed by atoms with Crippen molar-refractivity contribution in [1.82, 2.24) is 5.32 Å². The molecule has 0 aromatic heterocycles. The van der Waals surface area contributed by atoms with E-state index in [1.54, 1.807) is 0 Å². The summed E-state index contributed by atoms with van der Waals surface area (Å²) in [5, 5.41) is 2.91. The van der Waals surface area contributed by atoms with E-state index in [1.807, 2.05) is 20.8 Å². The molecule has 1 N–H and O–H groups in total. The van der Waals surface area contributed by atoms with Crippen molar-refractivity contribution in [1.29, 1.82) is 0 Å². The van der Waals surface area contributed by atoms with Crippen LogP contribution in [-0.2, 0) is 4.74 Å². The van der Waals surface area contributed by atoms with Gasteiger partial charge in [-0.1, -0.05) is 6.42 Å². The summed E-state index contributed by atoms with van der Waals surface area (Å²) in [5.41, 5.74) is -0.440. The Balaban J connectivity index is 2.42. The molecule has 0 aliphatic heterocycles.